The third-order valence-electron chi connectivity index (χ3n) is 3.40. The van der Waals surface area contributed by atoms with Crippen molar-refractivity contribution in [1.82, 2.24) is 5.32 Å². The van der Waals surface area contributed by atoms with Crippen LogP contribution < -0.4 is 5.32 Å². The van der Waals surface area contributed by atoms with E-state index in [9.17, 15) is 4.39 Å². The van der Waals surface area contributed by atoms with Gasteiger partial charge in [-0.05, 0) is 41.9 Å². The molecule has 0 saturated heterocycles. The Morgan fingerprint density at radius 3 is 2.29 bits per heavy atom. The molecule has 0 unspecified atom stereocenters. The molecule has 0 atom stereocenters. The fourth-order valence-electron chi connectivity index (χ4n) is 2.24. The minimum atomic E-state index is -0.143. The van der Waals surface area contributed by atoms with Gasteiger partial charge in [-0.15, -0.1) is 0 Å². The second-order valence-electron chi connectivity index (χ2n) is 6.36. The van der Waals surface area contributed by atoms with E-state index in [1.54, 1.807) is 12.1 Å². The molecule has 2 heteroatoms. The van der Waals surface area contributed by atoms with Crippen LogP contribution in [0.4, 0.5) is 4.39 Å². The van der Waals surface area contributed by atoms with E-state index in [-0.39, 0.29) is 5.82 Å². The molecular formula is C15H22FN. The maximum absolute atomic E-state index is 12.8. The highest BCUT2D eigenvalue weighted by Crippen LogP contribution is 2.37. The van der Waals surface area contributed by atoms with Crippen LogP contribution >= 0.6 is 0 Å². The molecule has 17 heavy (non-hydrogen) atoms. The van der Waals surface area contributed by atoms with Crippen molar-refractivity contribution in [1.29, 1.82) is 0 Å². The standard InChI is InChI=1S/C15H22FN/c1-15(2,3)10-17-14-8-12(9-14)11-4-6-13(16)7-5-11/h4-7,12,14,17H,8-10H2,1-3H3. The van der Waals surface area contributed by atoms with Crippen molar-refractivity contribution in [3.05, 3.63) is 35.6 Å². The van der Waals surface area contributed by atoms with E-state index in [1.165, 1.54) is 18.4 Å². The van der Waals surface area contributed by atoms with E-state index in [4.69, 9.17) is 0 Å². The molecule has 2 rings (SSSR count). The van der Waals surface area contributed by atoms with Crippen LogP contribution in [0.3, 0.4) is 0 Å². The number of rotatable bonds is 3. The van der Waals surface area contributed by atoms with Crippen molar-refractivity contribution < 1.29 is 4.39 Å². The van der Waals surface area contributed by atoms with Crippen molar-refractivity contribution in [2.75, 3.05) is 6.54 Å². The predicted octanol–water partition coefficient (Wildman–Crippen LogP) is 3.71. The van der Waals surface area contributed by atoms with E-state index in [0.29, 0.717) is 17.4 Å². The van der Waals surface area contributed by atoms with Gasteiger partial charge in [0.15, 0.2) is 0 Å². The monoisotopic (exact) mass is 235 g/mol. The summed E-state index contributed by atoms with van der Waals surface area (Å²) in [7, 11) is 0. The zero-order valence-corrected chi connectivity index (χ0v) is 11.0. The van der Waals surface area contributed by atoms with Crippen LogP contribution in [-0.2, 0) is 0 Å². The molecule has 0 aromatic heterocycles. The lowest BCUT2D eigenvalue weighted by Crippen LogP contribution is -2.43. The average molecular weight is 235 g/mol. The molecule has 1 aliphatic carbocycles. The zero-order valence-electron chi connectivity index (χ0n) is 11.0. The van der Waals surface area contributed by atoms with Crippen LogP contribution in [-0.4, -0.2) is 12.6 Å². The Hall–Kier alpha value is -0.890. The maximum Gasteiger partial charge on any atom is 0.123 e. The van der Waals surface area contributed by atoms with Crippen LogP contribution in [0, 0.1) is 11.2 Å². The number of hydrogen-bond acceptors (Lipinski definition) is 1. The molecule has 1 N–H and O–H groups in total. The van der Waals surface area contributed by atoms with Gasteiger partial charge in [0.05, 0.1) is 0 Å². The summed E-state index contributed by atoms with van der Waals surface area (Å²) >= 11 is 0. The van der Waals surface area contributed by atoms with Gasteiger partial charge in [-0.25, -0.2) is 4.39 Å². The van der Waals surface area contributed by atoms with Crippen molar-refractivity contribution in [3.8, 4) is 0 Å². The summed E-state index contributed by atoms with van der Waals surface area (Å²) in [5, 5.41) is 3.60. The molecule has 0 amide bonds. The van der Waals surface area contributed by atoms with Crippen LogP contribution in [0.5, 0.6) is 0 Å². The first-order chi connectivity index (χ1) is 7.94. The number of hydrogen-bond donors (Lipinski definition) is 1. The predicted molar refractivity (Wildman–Crippen MR) is 69.6 cm³/mol. The smallest absolute Gasteiger partial charge is 0.123 e. The molecule has 0 aliphatic heterocycles. The molecule has 0 spiro atoms. The zero-order chi connectivity index (χ0) is 12.5. The molecule has 1 aliphatic rings. The number of benzene rings is 1. The van der Waals surface area contributed by atoms with E-state index in [2.05, 4.69) is 26.1 Å². The summed E-state index contributed by atoms with van der Waals surface area (Å²) in [5.41, 5.74) is 1.63. The normalized spacial score (nSPS) is 24.5. The van der Waals surface area contributed by atoms with Crippen molar-refractivity contribution in [2.45, 2.75) is 45.6 Å². The third kappa shape index (κ3) is 3.53. The summed E-state index contributed by atoms with van der Waals surface area (Å²) in [5.74, 6) is 0.476. The molecule has 0 heterocycles. The Bertz CT molecular complexity index is 358. The van der Waals surface area contributed by atoms with Crippen LogP contribution in [0.15, 0.2) is 24.3 Å². The summed E-state index contributed by atoms with van der Waals surface area (Å²) in [6.07, 6.45) is 2.36. The summed E-state index contributed by atoms with van der Waals surface area (Å²) in [6.45, 7) is 7.80. The van der Waals surface area contributed by atoms with Crippen molar-refractivity contribution in [3.63, 3.8) is 0 Å². The van der Waals surface area contributed by atoms with Gasteiger partial charge in [0.1, 0.15) is 5.82 Å². The van der Waals surface area contributed by atoms with Gasteiger partial charge in [-0.2, -0.15) is 0 Å². The first-order valence-corrected chi connectivity index (χ1v) is 6.43. The number of nitrogens with one attached hydrogen (secondary N) is 1. The largest absolute Gasteiger partial charge is 0.313 e. The topological polar surface area (TPSA) is 12.0 Å². The highest BCUT2D eigenvalue weighted by molar-refractivity contribution is 5.23. The van der Waals surface area contributed by atoms with Gasteiger partial charge < -0.3 is 5.32 Å². The van der Waals surface area contributed by atoms with E-state index < -0.39 is 0 Å². The van der Waals surface area contributed by atoms with Gasteiger partial charge in [-0.3, -0.25) is 0 Å². The molecule has 1 saturated carbocycles. The molecule has 1 nitrogen and oxygen atoms in total. The van der Waals surface area contributed by atoms with Gasteiger partial charge in [0, 0.05) is 12.6 Å². The number of halogens is 1. The fourth-order valence-corrected chi connectivity index (χ4v) is 2.24. The molecule has 0 bridgehead atoms. The van der Waals surface area contributed by atoms with Gasteiger partial charge >= 0.3 is 0 Å². The van der Waals surface area contributed by atoms with Crippen LogP contribution in [0.2, 0.25) is 0 Å². The summed E-state index contributed by atoms with van der Waals surface area (Å²) < 4.78 is 12.8. The second kappa shape index (κ2) is 4.77. The summed E-state index contributed by atoms with van der Waals surface area (Å²) in [6, 6.07) is 7.60. The second-order valence-corrected chi connectivity index (χ2v) is 6.36. The first kappa shape index (κ1) is 12.6. The Labute approximate surface area is 103 Å². The minimum absolute atomic E-state index is 0.143. The minimum Gasteiger partial charge on any atom is -0.313 e. The average Bonchev–Trinajstić information content (AvgIpc) is 2.16. The highest BCUT2D eigenvalue weighted by atomic mass is 19.1. The molecule has 1 fully saturated rings. The van der Waals surface area contributed by atoms with Crippen molar-refractivity contribution in [2.24, 2.45) is 5.41 Å². The molecular weight excluding hydrogens is 213 g/mol. The quantitative estimate of drug-likeness (QED) is 0.842. The maximum atomic E-state index is 12.8. The van der Waals surface area contributed by atoms with Crippen molar-refractivity contribution >= 4 is 0 Å². The summed E-state index contributed by atoms with van der Waals surface area (Å²) in [4.78, 5) is 0. The van der Waals surface area contributed by atoms with Gasteiger partial charge in [-0.1, -0.05) is 32.9 Å². The highest BCUT2D eigenvalue weighted by Gasteiger charge is 2.30. The Morgan fingerprint density at radius 1 is 1.18 bits per heavy atom. The van der Waals surface area contributed by atoms with E-state index >= 15 is 0 Å². The van der Waals surface area contributed by atoms with E-state index in [1.807, 2.05) is 12.1 Å². The Morgan fingerprint density at radius 2 is 1.76 bits per heavy atom. The SMILES string of the molecule is CC(C)(C)CNC1CC(c2ccc(F)cc2)C1. The van der Waals surface area contributed by atoms with E-state index in [0.717, 1.165) is 6.54 Å². The van der Waals surface area contributed by atoms with Gasteiger partial charge in [0.25, 0.3) is 0 Å². The lowest BCUT2D eigenvalue weighted by atomic mass is 9.75. The molecule has 1 aromatic rings. The lowest BCUT2D eigenvalue weighted by Gasteiger charge is -2.38. The molecule has 94 valence electrons. The van der Waals surface area contributed by atoms with Crippen LogP contribution in [0.25, 0.3) is 0 Å². The van der Waals surface area contributed by atoms with Crippen LogP contribution in [0.1, 0.15) is 45.1 Å². The Balaban J connectivity index is 1.77. The Kier molecular flexibility index (Phi) is 3.53. The lowest BCUT2D eigenvalue weighted by molar-refractivity contribution is 0.254. The molecule has 1 aromatic carbocycles. The molecule has 0 radical (unpaired) electrons. The van der Waals surface area contributed by atoms with Gasteiger partial charge in [0.2, 0.25) is 0 Å². The first-order valence-electron chi connectivity index (χ1n) is 6.43. The third-order valence-corrected chi connectivity index (χ3v) is 3.40. The fraction of sp³-hybridized carbons (Fsp3) is 0.600.